The van der Waals surface area contributed by atoms with Gasteiger partial charge in [-0.05, 0) is 36.9 Å². The maximum absolute atomic E-state index is 5.78. The molecule has 3 heteroatoms. The molecule has 1 N–H and O–H groups in total. The molecule has 1 aromatic rings. The second-order valence-corrected chi connectivity index (χ2v) is 6.20. The van der Waals surface area contributed by atoms with Crippen molar-refractivity contribution in [2.45, 2.75) is 40.5 Å². The van der Waals surface area contributed by atoms with Gasteiger partial charge in [-0.3, -0.25) is 0 Å². The Balaban J connectivity index is 2.24. The van der Waals surface area contributed by atoms with E-state index < -0.39 is 0 Å². The van der Waals surface area contributed by atoms with Gasteiger partial charge < -0.3 is 14.8 Å². The van der Waals surface area contributed by atoms with Gasteiger partial charge in [0.2, 0.25) is 0 Å². The molecule has 0 aliphatic heterocycles. The van der Waals surface area contributed by atoms with Crippen molar-refractivity contribution in [3.63, 3.8) is 0 Å². The molecule has 0 aliphatic carbocycles. The predicted octanol–water partition coefficient (Wildman–Crippen LogP) is 3.88. The van der Waals surface area contributed by atoms with Gasteiger partial charge in [-0.15, -0.1) is 0 Å². The largest absolute Gasteiger partial charge is 0.490 e. The molecular weight excluding hydrogens is 250 g/mol. The summed E-state index contributed by atoms with van der Waals surface area (Å²) >= 11 is 0. The summed E-state index contributed by atoms with van der Waals surface area (Å²) in [4.78, 5) is 0. The average molecular weight is 279 g/mol. The van der Waals surface area contributed by atoms with Crippen LogP contribution in [0.4, 0.5) is 0 Å². The first-order valence-corrected chi connectivity index (χ1v) is 7.58. The van der Waals surface area contributed by atoms with Crippen LogP contribution in [0.2, 0.25) is 0 Å². The molecule has 0 fully saturated rings. The number of para-hydroxylation sites is 2. The third-order valence-corrected chi connectivity index (χ3v) is 2.90. The molecule has 3 nitrogen and oxygen atoms in total. The highest BCUT2D eigenvalue weighted by Gasteiger charge is 2.08. The van der Waals surface area contributed by atoms with E-state index in [9.17, 15) is 0 Å². The van der Waals surface area contributed by atoms with Crippen molar-refractivity contribution in [1.29, 1.82) is 0 Å². The van der Waals surface area contributed by atoms with Crippen LogP contribution in [0, 0.1) is 5.41 Å². The van der Waals surface area contributed by atoms with Crippen molar-refractivity contribution in [1.82, 2.24) is 5.32 Å². The molecule has 0 saturated heterocycles. The molecule has 0 saturated carbocycles. The minimum atomic E-state index is 0.383. The third kappa shape index (κ3) is 7.39. The average Bonchev–Trinajstić information content (AvgIpc) is 2.40. The molecule has 0 spiro atoms. The fourth-order valence-corrected chi connectivity index (χ4v) is 1.72. The Morgan fingerprint density at radius 1 is 0.950 bits per heavy atom. The van der Waals surface area contributed by atoms with E-state index in [0.29, 0.717) is 12.0 Å². The number of ether oxygens (including phenoxy) is 2. The van der Waals surface area contributed by atoms with Crippen molar-refractivity contribution in [3.05, 3.63) is 24.3 Å². The van der Waals surface area contributed by atoms with Gasteiger partial charge in [0.25, 0.3) is 0 Å². The Hall–Kier alpha value is -1.22. The van der Waals surface area contributed by atoms with Crippen molar-refractivity contribution in [3.8, 4) is 11.5 Å². The second kappa shape index (κ2) is 8.85. The monoisotopic (exact) mass is 279 g/mol. The topological polar surface area (TPSA) is 30.5 Å². The summed E-state index contributed by atoms with van der Waals surface area (Å²) in [5, 5.41) is 3.41. The molecule has 0 aromatic heterocycles. The summed E-state index contributed by atoms with van der Waals surface area (Å²) < 4.78 is 11.4. The molecule has 0 atom stereocenters. The highest BCUT2D eigenvalue weighted by atomic mass is 16.5. The minimum absolute atomic E-state index is 0.383. The lowest BCUT2D eigenvalue weighted by atomic mass is 9.92. The zero-order chi connectivity index (χ0) is 14.8. The quantitative estimate of drug-likeness (QED) is 0.696. The smallest absolute Gasteiger partial charge is 0.161 e. The number of benzene rings is 1. The highest BCUT2D eigenvalue weighted by Crippen LogP contribution is 2.26. The van der Waals surface area contributed by atoms with Gasteiger partial charge in [-0.2, -0.15) is 0 Å². The lowest BCUT2D eigenvalue weighted by molar-refractivity contribution is 0.265. The summed E-state index contributed by atoms with van der Waals surface area (Å²) in [6.07, 6.45) is 2.17. The lowest BCUT2D eigenvalue weighted by Crippen LogP contribution is -2.25. The molecule has 0 bridgehead atoms. The number of hydrogen-bond acceptors (Lipinski definition) is 3. The molecule has 0 heterocycles. The van der Waals surface area contributed by atoms with Crippen molar-refractivity contribution in [2.24, 2.45) is 5.41 Å². The molecule has 0 amide bonds. The summed E-state index contributed by atoms with van der Waals surface area (Å²) in [6.45, 7) is 12.1. The number of hydrogen-bond donors (Lipinski definition) is 1. The Morgan fingerprint density at radius 2 is 1.55 bits per heavy atom. The van der Waals surface area contributed by atoms with E-state index in [1.54, 1.807) is 0 Å². The maximum atomic E-state index is 5.78. The van der Waals surface area contributed by atoms with Gasteiger partial charge in [0.1, 0.15) is 6.61 Å². The molecule has 114 valence electrons. The summed E-state index contributed by atoms with van der Waals surface area (Å²) in [6, 6.07) is 7.86. The molecule has 1 rings (SSSR count). The Morgan fingerprint density at radius 3 is 2.10 bits per heavy atom. The van der Waals surface area contributed by atoms with Gasteiger partial charge in [-0.25, -0.2) is 0 Å². The van der Waals surface area contributed by atoms with Crippen LogP contribution in [0.25, 0.3) is 0 Å². The van der Waals surface area contributed by atoms with Crippen molar-refractivity contribution >= 4 is 0 Å². The van der Waals surface area contributed by atoms with E-state index in [0.717, 1.165) is 37.6 Å². The maximum Gasteiger partial charge on any atom is 0.161 e. The van der Waals surface area contributed by atoms with Crippen molar-refractivity contribution < 1.29 is 9.47 Å². The van der Waals surface area contributed by atoms with Crippen LogP contribution in [0.5, 0.6) is 11.5 Å². The molecule has 1 aromatic carbocycles. The van der Waals surface area contributed by atoms with Crippen LogP contribution < -0.4 is 14.8 Å². The SMILES string of the molecule is CCCOc1ccccc1OCCNCCC(C)(C)C. The summed E-state index contributed by atoms with van der Waals surface area (Å²) in [5.74, 6) is 1.67. The van der Waals surface area contributed by atoms with E-state index in [-0.39, 0.29) is 0 Å². The third-order valence-electron chi connectivity index (χ3n) is 2.90. The van der Waals surface area contributed by atoms with Crippen molar-refractivity contribution in [2.75, 3.05) is 26.3 Å². The minimum Gasteiger partial charge on any atom is -0.490 e. The summed E-state index contributed by atoms with van der Waals surface area (Å²) in [7, 11) is 0. The standard InChI is InChI=1S/C17H29NO2/c1-5-13-19-15-8-6-7-9-16(15)20-14-12-18-11-10-17(2,3)4/h6-9,18H,5,10-14H2,1-4H3. The zero-order valence-corrected chi connectivity index (χ0v) is 13.4. The highest BCUT2D eigenvalue weighted by molar-refractivity contribution is 5.39. The molecule has 0 radical (unpaired) electrons. The van der Waals surface area contributed by atoms with Gasteiger partial charge >= 0.3 is 0 Å². The van der Waals surface area contributed by atoms with Gasteiger partial charge in [-0.1, -0.05) is 39.8 Å². The van der Waals surface area contributed by atoms with E-state index in [2.05, 4.69) is 33.0 Å². The fourth-order valence-electron chi connectivity index (χ4n) is 1.72. The van der Waals surface area contributed by atoms with E-state index >= 15 is 0 Å². The van der Waals surface area contributed by atoms with Crippen LogP contribution in [-0.4, -0.2) is 26.3 Å². The first kappa shape index (κ1) is 16.8. The second-order valence-electron chi connectivity index (χ2n) is 6.20. The number of rotatable bonds is 9. The predicted molar refractivity (Wildman–Crippen MR) is 84.7 cm³/mol. The van der Waals surface area contributed by atoms with E-state index in [1.807, 2.05) is 24.3 Å². The first-order chi connectivity index (χ1) is 9.53. The zero-order valence-electron chi connectivity index (χ0n) is 13.4. The molecular formula is C17H29NO2. The Labute approximate surface area is 123 Å². The lowest BCUT2D eigenvalue weighted by Gasteiger charge is -2.18. The molecule has 0 aliphatic rings. The van der Waals surface area contributed by atoms with E-state index in [1.165, 1.54) is 6.42 Å². The fraction of sp³-hybridized carbons (Fsp3) is 0.647. The van der Waals surface area contributed by atoms with Crippen LogP contribution in [0.3, 0.4) is 0 Å². The van der Waals surface area contributed by atoms with E-state index in [4.69, 9.17) is 9.47 Å². The van der Waals surface area contributed by atoms with Gasteiger partial charge in [0.05, 0.1) is 6.61 Å². The Bertz CT molecular complexity index is 371. The van der Waals surface area contributed by atoms with Crippen LogP contribution in [0.15, 0.2) is 24.3 Å². The molecule has 20 heavy (non-hydrogen) atoms. The van der Waals surface area contributed by atoms with Crippen LogP contribution in [0.1, 0.15) is 40.5 Å². The van der Waals surface area contributed by atoms with Gasteiger partial charge in [0.15, 0.2) is 11.5 Å². The summed E-state index contributed by atoms with van der Waals surface area (Å²) in [5.41, 5.74) is 0.383. The van der Waals surface area contributed by atoms with Crippen LogP contribution in [-0.2, 0) is 0 Å². The van der Waals surface area contributed by atoms with Crippen LogP contribution >= 0.6 is 0 Å². The Kier molecular flexibility index (Phi) is 7.45. The first-order valence-electron chi connectivity index (χ1n) is 7.58. The normalized spacial score (nSPS) is 11.4. The number of nitrogens with one attached hydrogen (secondary N) is 1. The van der Waals surface area contributed by atoms with Gasteiger partial charge in [0, 0.05) is 6.54 Å². The molecule has 0 unspecified atom stereocenters.